The third kappa shape index (κ3) is 1.74. The molecule has 0 bridgehead atoms. The molecular formula is C10H16N2O2. The predicted molar refractivity (Wildman–Crippen MR) is 51.5 cm³/mol. The van der Waals surface area contributed by atoms with E-state index in [0.717, 1.165) is 12.8 Å². The Morgan fingerprint density at radius 2 is 2.29 bits per heavy atom. The minimum Gasteiger partial charge on any atom is -0.345 e. The van der Waals surface area contributed by atoms with E-state index < -0.39 is 0 Å². The Balaban J connectivity index is 1.91. The van der Waals surface area contributed by atoms with Crippen LogP contribution in [0.1, 0.15) is 26.2 Å². The fourth-order valence-corrected chi connectivity index (χ4v) is 2.17. The summed E-state index contributed by atoms with van der Waals surface area (Å²) in [5, 5.41) is 2.56. The number of nitrogens with one attached hydrogen (secondary N) is 1. The molecule has 4 nitrogen and oxygen atoms in total. The summed E-state index contributed by atoms with van der Waals surface area (Å²) in [6.07, 6.45) is 3.43. The SMILES string of the molecule is CCCC1CC1N1CC(=O)NCC1=O. The van der Waals surface area contributed by atoms with Gasteiger partial charge in [0.2, 0.25) is 11.8 Å². The molecule has 1 saturated carbocycles. The van der Waals surface area contributed by atoms with Crippen LogP contribution in [-0.2, 0) is 9.59 Å². The van der Waals surface area contributed by atoms with E-state index in [1.54, 1.807) is 4.90 Å². The van der Waals surface area contributed by atoms with E-state index in [1.165, 1.54) is 6.42 Å². The Labute approximate surface area is 83.6 Å². The fourth-order valence-electron chi connectivity index (χ4n) is 2.17. The molecule has 0 spiro atoms. The van der Waals surface area contributed by atoms with Gasteiger partial charge >= 0.3 is 0 Å². The van der Waals surface area contributed by atoms with Crippen molar-refractivity contribution in [2.24, 2.45) is 5.92 Å². The van der Waals surface area contributed by atoms with Crippen LogP contribution in [0.15, 0.2) is 0 Å². The molecule has 1 saturated heterocycles. The molecule has 14 heavy (non-hydrogen) atoms. The van der Waals surface area contributed by atoms with Crippen LogP contribution < -0.4 is 5.32 Å². The molecule has 2 atom stereocenters. The molecular weight excluding hydrogens is 180 g/mol. The van der Waals surface area contributed by atoms with Crippen LogP contribution >= 0.6 is 0 Å². The van der Waals surface area contributed by atoms with Gasteiger partial charge in [0.05, 0.1) is 13.1 Å². The topological polar surface area (TPSA) is 49.4 Å². The maximum atomic E-state index is 11.5. The minimum atomic E-state index is -0.0215. The van der Waals surface area contributed by atoms with Gasteiger partial charge in [0, 0.05) is 6.04 Å². The molecule has 0 radical (unpaired) electrons. The van der Waals surface area contributed by atoms with Gasteiger partial charge in [-0.3, -0.25) is 9.59 Å². The van der Waals surface area contributed by atoms with Crippen LogP contribution in [0.25, 0.3) is 0 Å². The van der Waals surface area contributed by atoms with Crippen molar-refractivity contribution >= 4 is 11.8 Å². The Bertz CT molecular complexity index is 265. The van der Waals surface area contributed by atoms with E-state index in [0.29, 0.717) is 12.0 Å². The van der Waals surface area contributed by atoms with Gasteiger partial charge in [-0.25, -0.2) is 0 Å². The number of carbonyl (C=O) groups excluding carboxylic acids is 2. The molecule has 1 N–H and O–H groups in total. The molecule has 2 unspecified atom stereocenters. The van der Waals surface area contributed by atoms with Crippen LogP contribution in [0.5, 0.6) is 0 Å². The highest BCUT2D eigenvalue weighted by Gasteiger charge is 2.44. The van der Waals surface area contributed by atoms with Crippen LogP contribution in [0.2, 0.25) is 0 Å². The standard InChI is InChI=1S/C10H16N2O2/c1-2-3-7-4-8(7)12-6-9(13)11-5-10(12)14/h7-8H,2-6H2,1H3,(H,11,13). The molecule has 0 aromatic rings. The van der Waals surface area contributed by atoms with Gasteiger partial charge in [-0.1, -0.05) is 13.3 Å². The zero-order valence-corrected chi connectivity index (χ0v) is 8.45. The molecule has 2 rings (SSSR count). The van der Waals surface area contributed by atoms with Crippen LogP contribution in [0.3, 0.4) is 0 Å². The number of nitrogens with zero attached hydrogens (tertiary/aromatic N) is 1. The van der Waals surface area contributed by atoms with Gasteiger partial charge in [0.1, 0.15) is 0 Å². The van der Waals surface area contributed by atoms with Gasteiger partial charge < -0.3 is 10.2 Å². The van der Waals surface area contributed by atoms with E-state index in [1.807, 2.05) is 0 Å². The van der Waals surface area contributed by atoms with Gasteiger partial charge in [-0.15, -0.1) is 0 Å². The lowest BCUT2D eigenvalue weighted by Gasteiger charge is -2.27. The maximum absolute atomic E-state index is 11.5. The lowest BCUT2D eigenvalue weighted by Crippen LogP contribution is -2.52. The highest BCUT2D eigenvalue weighted by Crippen LogP contribution is 2.39. The largest absolute Gasteiger partial charge is 0.345 e. The molecule has 0 aromatic heterocycles. The van der Waals surface area contributed by atoms with Gasteiger partial charge in [-0.05, 0) is 18.8 Å². The first-order chi connectivity index (χ1) is 6.72. The first-order valence-electron chi connectivity index (χ1n) is 5.28. The number of hydrogen-bond donors (Lipinski definition) is 1. The number of rotatable bonds is 3. The van der Waals surface area contributed by atoms with Crippen molar-refractivity contribution in [1.82, 2.24) is 10.2 Å². The third-order valence-electron chi connectivity index (χ3n) is 3.02. The predicted octanol–water partition coefficient (Wildman–Crippen LogP) is 0.133. The second-order valence-electron chi connectivity index (χ2n) is 4.15. The quantitative estimate of drug-likeness (QED) is 0.697. The summed E-state index contributed by atoms with van der Waals surface area (Å²) in [5.41, 5.74) is 0. The maximum Gasteiger partial charge on any atom is 0.242 e. The fraction of sp³-hybridized carbons (Fsp3) is 0.800. The molecule has 1 heterocycles. The first kappa shape index (κ1) is 9.49. The normalized spacial score (nSPS) is 31.6. The van der Waals surface area contributed by atoms with Gasteiger partial charge in [-0.2, -0.15) is 0 Å². The zero-order valence-electron chi connectivity index (χ0n) is 8.45. The lowest BCUT2D eigenvalue weighted by molar-refractivity contribution is -0.141. The van der Waals surface area contributed by atoms with E-state index in [2.05, 4.69) is 12.2 Å². The molecule has 2 amide bonds. The monoisotopic (exact) mass is 196 g/mol. The number of amides is 2. The lowest BCUT2D eigenvalue weighted by atomic mass is 10.2. The van der Waals surface area contributed by atoms with Crippen molar-refractivity contribution in [2.45, 2.75) is 32.2 Å². The highest BCUT2D eigenvalue weighted by atomic mass is 16.2. The van der Waals surface area contributed by atoms with Crippen molar-refractivity contribution in [1.29, 1.82) is 0 Å². The van der Waals surface area contributed by atoms with Gasteiger partial charge in [0.25, 0.3) is 0 Å². The highest BCUT2D eigenvalue weighted by molar-refractivity contribution is 5.92. The van der Waals surface area contributed by atoms with E-state index in [4.69, 9.17) is 0 Å². The van der Waals surface area contributed by atoms with Crippen molar-refractivity contribution < 1.29 is 9.59 Å². The number of carbonyl (C=O) groups is 2. The van der Waals surface area contributed by atoms with Gasteiger partial charge in [0.15, 0.2) is 0 Å². The minimum absolute atomic E-state index is 0.0215. The van der Waals surface area contributed by atoms with Crippen molar-refractivity contribution in [3.05, 3.63) is 0 Å². The summed E-state index contributed by atoms with van der Waals surface area (Å²) in [5.74, 6) is 0.704. The van der Waals surface area contributed by atoms with Crippen LogP contribution in [0, 0.1) is 5.92 Å². The average molecular weight is 196 g/mol. The molecule has 2 fully saturated rings. The summed E-state index contributed by atoms with van der Waals surface area (Å²) in [6.45, 7) is 2.61. The molecule has 1 aliphatic carbocycles. The summed E-state index contributed by atoms with van der Waals surface area (Å²) in [6, 6.07) is 0.355. The number of piperazine rings is 1. The third-order valence-corrected chi connectivity index (χ3v) is 3.02. The van der Waals surface area contributed by atoms with E-state index in [9.17, 15) is 9.59 Å². The average Bonchev–Trinajstić information content (AvgIpc) is 2.89. The second-order valence-corrected chi connectivity index (χ2v) is 4.15. The summed E-state index contributed by atoms with van der Waals surface area (Å²) in [7, 11) is 0. The molecule has 2 aliphatic rings. The van der Waals surface area contributed by atoms with Crippen LogP contribution in [-0.4, -0.2) is 35.8 Å². The zero-order chi connectivity index (χ0) is 10.1. The molecule has 78 valence electrons. The van der Waals surface area contributed by atoms with Crippen molar-refractivity contribution in [3.63, 3.8) is 0 Å². The Morgan fingerprint density at radius 1 is 1.50 bits per heavy atom. The summed E-state index contributed by atoms with van der Waals surface area (Å²) >= 11 is 0. The van der Waals surface area contributed by atoms with E-state index in [-0.39, 0.29) is 24.9 Å². The Morgan fingerprint density at radius 3 is 3.00 bits per heavy atom. The summed E-state index contributed by atoms with van der Waals surface area (Å²) < 4.78 is 0. The Hall–Kier alpha value is -1.06. The van der Waals surface area contributed by atoms with E-state index >= 15 is 0 Å². The molecule has 1 aliphatic heterocycles. The Kier molecular flexibility index (Phi) is 2.44. The smallest absolute Gasteiger partial charge is 0.242 e. The number of hydrogen-bond acceptors (Lipinski definition) is 2. The molecule has 4 heteroatoms. The second kappa shape index (κ2) is 3.59. The summed E-state index contributed by atoms with van der Waals surface area (Å²) in [4.78, 5) is 24.3. The van der Waals surface area contributed by atoms with Crippen molar-refractivity contribution in [3.8, 4) is 0 Å². The molecule has 0 aromatic carbocycles. The van der Waals surface area contributed by atoms with Crippen LogP contribution in [0.4, 0.5) is 0 Å². The first-order valence-corrected chi connectivity index (χ1v) is 5.28. The van der Waals surface area contributed by atoms with Crippen molar-refractivity contribution in [2.75, 3.05) is 13.1 Å².